The fourth-order valence-electron chi connectivity index (χ4n) is 2.60. The van der Waals surface area contributed by atoms with E-state index in [2.05, 4.69) is 5.32 Å². The number of carbonyl (C=O) groups is 2. The molecular weight excluding hydrogens is 322 g/mol. The van der Waals surface area contributed by atoms with Crippen molar-refractivity contribution in [1.82, 2.24) is 5.32 Å². The largest absolute Gasteiger partial charge is 0.459 e. The number of nitrogens with one attached hydrogen (secondary N) is 1. The molecule has 124 valence electrons. The number of esters is 1. The molecule has 1 aliphatic rings. The van der Waals surface area contributed by atoms with Gasteiger partial charge in [0.1, 0.15) is 6.10 Å². The fourth-order valence-corrected chi connectivity index (χ4v) is 3.82. The van der Waals surface area contributed by atoms with E-state index in [-0.39, 0.29) is 30.4 Å². The number of ether oxygens (including phenoxy) is 1. The molecule has 2 aromatic carbocycles. The van der Waals surface area contributed by atoms with Crippen LogP contribution in [-0.2, 0) is 16.0 Å². The number of benzene rings is 2. The third-order valence-electron chi connectivity index (χ3n) is 3.85. The summed E-state index contributed by atoms with van der Waals surface area (Å²) in [5.41, 5.74) is 1.54. The predicted molar refractivity (Wildman–Crippen MR) is 95.0 cm³/mol. The summed E-state index contributed by atoms with van der Waals surface area (Å²) >= 11 is 1.68. The Kier molecular flexibility index (Phi) is 5.54. The van der Waals surface area contributed by atoms with Gasteiger partial charge in [-0.25, -0.2) is 0 Å². The Hall–Kier alpha value is -2.27. The van der Waals surface area contributed by atoms with Crippen LogP contribution < -0.4 is 5.32 Å². The third-order valence-corrected chi connectivity index (χ3v) is 5.01. The molecule has 0 spiro atoms. The molecule has 0 unspecified atom stereocenters. The van der Waals surface area contributed by atoms with Crippen LogP contribution in [0.5, 0.6) is 0 Å². The lowest BCUT2D eigenvalue weighted by molar-refractivity contribution is -0.147. The standard InChI is InChI=1S/C19H19NO3S/c21-18(11-14-7-3-1-4-8-14)23-17-13-24-12-16(17)20-19(22)15-9-5-2-6-10-15/h1-10,16-17H,11-13H2,(H,20,22)/t16-,17-/m0/s1. The average molecular weight is 341 g/mol. The highest BCUT2D eigenvalue weighted by Gasteiger charge is 2.32. The lowest BCUT2D eigenvalue weighted by Gasteiger charge is -2.20. The van der Waals surface area contributed by atoms with Crippen molar-refractivity contribution in [2.24, 2.45) is 0 Å². The Balaban J connectivity index is 1.55. The molecule has 2 aromatic rings. The molecule has 1 fully saturated rings. The summed E-state index contributed by atoms with van der Waals surface area (Å²) in [7, 11) is 0. The molecule has 2 atom stereocenters. The summed E-state index contributed by atoms with van der Waals surface area (Å²) in [5.74, 6) is 1.07. The molecule has 3 rings (SSSR count). The highest BCUT2D eigenvalue weighted by atomic mass is 32.2. The van der Waals surface area contributed by atoms with Crippen molar-refractivity contribution in [1.29, 1.82) is 0 Å². The second-order valence-electron chi connectivity index (χ2n) is 5.67. The van der Waals surface area contributed by atoms with Gasteiger partial charge >= 0.3 is 5.97 Å². The molecule has 1 amide bonds. The van der Waals surface area contributed by atoms with Crippen LogP contribution in [0.15, 0.2) is 60.7 Å². The van der Waals surface area contributed by atoms with Gasteiger partial charge in [-0.05, 0) is 17.7 Å². The number of hydrogen-bond acceptors (Lipinski definition) is 4. The van der Waals surface area contributed by atoms with E-state index >= 15 is 0 Å². The van der Waals surface area contributed by atoms with Crippen molar-refractivity contribution in [3.63, 3.8) is 0 Å². The maximum absolute atomic E-state index is 12.3. The summed E-state index contributed by atoms with van der Waals surface area (Å²) < 4.78 is 5.59. The molecule has 0 aromatic heterocycles. The molecule has 0 bridgehead atoms. The lowest BCUT2D eigenvalue weighted by Crippen LogP contribution is -2.44. The second kappa shape index (κ2) is 8.02. The van der Waals surface area contributed by atoms with Gasteiger partial charge < -0.3 is 10.1 Å². The van der Waals surface area contributed by atoms with E-state index in [4.69, 9.17) is 4.74 Å². The van der Waals surface area contributed by atoms with Gasteiger partial charge in [-0.2, -0.15) is 11.8 Å². The van der Waals surface area contributed by atoms with Gasteiger partial charge in [-0.15, -0.1) is 0 Å². The fraction of sp³-hybridized carbons (Fsp3) is 0.263. The van der Waals surface area contributed by atoms with Crippen molar-refractivity contribution in [3.05, 3.63) is 71.8 Å². The van der Waals surface area contributed by atoms with Crippen LogP contribution in [0.3, 0.4) is 0 Å². The van der Waals surface area contributed by atoms with Gasteiger partial charge in [0.15, 0.2) is 0 Å². The van der Waals surface area contributed by atoms with Crippen molar-refractivity contribution in [3.8, 4) is 0 Å². The molecule has 24 heavy (non-hydrogen) atoms. The van der Waals surface area contributed by atoms with Crippen LogP contribution in [0, 0.1) is 0 Å². The number of hydrogen-bond donors (Lipinski definition) is 1. The summed E-state index contributed by atoms with van der Waals surface area (Å²) in [6.45, 7) is 0. The minimum absolute atomic E-state index is 0.132. The van der Waals surface area contributed by atoms with E-state index in [0.29, 0.717) is 11.3 Å². The molecule has 1 N–H and O–H groups in total. The molecular formula is C19H19NO3S. The second-order valence-corrected chi connectivity index (χ2v) is 6.75. The Morgan fingerprint density at radius 2 is 1.67 bits per heavy atom. The summed E-state index contributed by atoms with van der Waals surface area (Å²) in [6, 6.07) is 18.4. The molecule has 0 radical (unpaired) electrons. The zero-order valence-electron chi connectivity index (χ0n) is 13.2. The summed E-state index contributed by atoms with van der Waals surface area (Å²) in [5, 5.41) is 2.98. The quantitative estimate of drug-likeness (QED) is 0.850. The molecule has 1 aliphatic heterocycles. The predicted octanol–water partition coefficient (Wildman–Crippen LogP) is 2.69. The van der Waals surface area contributed by atoms with E-state index < -0.39 is 0 Å². The maximum atomic E-state index is 12.3. The van der Waals surface area contributed by atoms with Crippen molar-refractivity contribution in [2.45, 2.75) is 18.6 Å². The summed E-state index contributed by atoms with van der Waals surface area (Å²) in [4.78, 5) is 24.4. The third kappa shape index (κ3) is 4.38. The van der Waals surface area contributed by atoms with Crippen LogP contribution in [0.1, 0.15) is 15.9 Å². The first-order valence-corrected chi connectivity index (χ1v) is 9.05. The zero-order valence-corrected chi connectivity index (χ0v) is 14.0. The van der Waals surface area contributed by atoms with E-state index in [1.54, 1.807) is 23.9 Å². The minimum atomic E-state index is -0.279. The lowest BCUT2D eigenvalue weighted by atomic mass is 10.1. The molecule has 4 nitrogen and oxygen atoms in total. The highest BCUT2D eigenvalue weighted by Crippen LogP contribution is 2.22. The van der Waals surface area contributed by atoms with Gasteiger partial charge in [-0.1, -0.05) is 48.5 Å². The Bertz CT molecular complexity index is 690. The van der Waals surface area contributed by atoms with Gasteiger partial charge in [0.25, 0.3) is 5.91 Å². The van der Waals surface area contributed by atoms with Crippen LogP contribution in [0.4, 0.5) is 0 Å². The number of carbonyl (C=O) groups excluding carboxylic acids is 2. The van der Waals surface area contributed by atoms with Crippen LogP contribution >= 0.6 is 11.8 Å². The smallest absolute Gasteiger partial charge is 0.310 e. The highest BCUT2D eigenvalue weighted by molar-refractivity contribution is 7.99. The molecule has 5 heteroatoms. The van der Waals surface area contributed by atoms with Gasteiger partial charge in [0.05, 0.1) is 12.5 Å². The van der Waals surface area contributed by atoms with Gasteiger partial charge in [0.2, 0.25) is 0 Å². The summed E-state index contributed by atoms with van der Waals surface area (Å²) in [6.07, 6.45) is -0.0275. The number of thioether (sulfide) groups is 1. The van der Waals surface area contributed by atoms with Crippen LogP contribution in [0.2, 0.25) is 0 Å². The van der Waals surface area contributed by atoms with Crippen LogP contribution in [0.25, 0.3) is 0 Å². The van der Waals surface area contributed by atoms with Gasteiger partial charge in [-0.3, -0.25) is 9.59 Å². The van der Waals surface area contributed by atoms with E-state index in [1.165, 1.54) is 0 Å². The Labute approximate surface area is 145 Å². The Morgan fingerprint density at radius 3 is 2.38 bits per heavy atom. The minimum Gasteiger partial charge on any atom is -0.459 e. The SMILES string of the molecule is O=C(Cc1ccccc1)O[C@H]1CSC[C@@H]1NC(=O)c1ccccc1. The maximum Gasteiger partial charge on any atom is 0.310 e. The van der Waals surface area contributed by atoms with Crippen LogP contribution in [-0.4, -0.2) is 35.5 Å². The Morgan fingerprint density at radius 1 is 1.00 bits per heavy atom. The molecule has 1 heterocycles. The number of rotatable bonds is 5. The number of amides is 1. The van der Waals surface area contributed by atoms with Crippen molar-refractivity contribution >= 4 is 23.6 Å². The molecule has 0 saturated carbocycles. The first-order chi connectivity index (χ1) is 11.7. The van der Waals surface area contributed by atoms with Crippen molar-refractivity contribution in [2.75, 3.05) is 11.5 Å². The average Bonchev–Trinajstić information content (AvgIpc) is 3.03. The van der Waals surface area contributed by atoms with Crippen molar-refractivity contribution < 1.29 is 14.3 Å². The topological polar surface area (TPSA) is 55.4 Å². The first-order valence-electron chi connectivity index (χ1n) is 7.89. The van der Waals surface area contributed by atoms with E-state index in [1.807, 2.05) is 48.5 Å². The van der Waals surface area contributed by atoms with Gasteiger partial charge in [0, 0.05) is 17.1 Å². The monoisotopic (exact) mass is 341 g/mol. The normalized spacial score (nSPS) is 19.7. The van der Waals surface area contributed by atoms with E-state index in [0.717, 1.165) is 11.3 Å². The first kappa shape index (κ1) is 16.6. The molecule has 1 saturated heterocycles. The molecule has 0 aliphatic carbocycles. The van der Waals surface area contributed by atoms with E-state index in [9.17, 15) is 9.59 Å². The zero-order chi connectivity index (χ0) is 16.8.